The van der Waals surface area contributed by atoms with E-state index in [4.69, 9.17) is 0 Å². The van der Waals surface area contributed by atoms with Crippen molar-refractivity contribution in [2.45, 2.75) is 32.5 Å². The number of hydrogen-bond acceptors (Lipinski definition) is 7. The summed E-state index contributed by atoms with van der Waals surface area (Å²) in [4.78, 5) is 35.2. The van der Waals surface area contributed by atoms with Gasteiger partial charge in [-0.15, -0.1) is 0 Å². The quantitative estimate of drug-likeness (QED) is 0.211. The molecule has 0 unspecified atom stereocenters. The summed E-state index contributed by atoms with van der Waals surface area (Å²) in [6.45, 7) is 1.80. The zero-order valence-electron chi connectivity index (χ0n) is 23.5. The molecule has 3 heterocycles. The van der Waals surface area contributed by atoms with Crippen molar-refractivity contribution in [1.29, 1.82) is 0 Å². The molecule has 0 aliphatic carbocycles. The van der Waals surface area contributed by atoms with Crippen molar-refractivity contribution in [3.8, 4) is 11.3 Å². The van der Waals surface area contributed by atoms with E-state index in [0.29, 0.717) is 41.0 Å². The van der Waals surface area contributed by atoms with Crippen LogP contribution in [0.15, 0.2) is 43.0 Å². The minimum Gasteiger partial charge on any atom is -0.353 e. The number of nitrogens with one attached hydrogen (secondary N) is 3. The van der Waals surface area contributed by atoms with E-state index < -0.39 is 36.3 Å². The monoisotopic (exact) mass is 607 g/mol. The van der Waals surface area contributed by atoms with Gasteiger partial charge in [-0.2, -0.15) is 18.3 Å². The molecule has 0 aliphatic heterocycles. The normalized spacial score (nSPS) is 11.9. The molecule has 3 aromatic heterocycles. The van der Waals surface area contributed by atoms with Gasteiger partial charge in [-0.25, -0.2) is 18.7 Å². The topological polar surface area (TPSA) is 121 Å². The second-order valence-corrected chi connectivity index (χ2v) is 9.80. The van der Waals surface area contributed by atoms with Gasteiger partial charge in [0.15, 0.2) is 17.2 Å². The van der Waals surface area contributed by atoms with E-state index in [1.165, 1.54) is 23.0 Å². The predicted molar refractivity (Wildman–Crippen MR) is 148 cm³/mol. The van der Waals surface area contributed by atoms with E-state index in [0.717, 1.165) is 6.20 Å². The summed E-state index contributed by atoms with van der Waals surface area (Å²) in [5, 5.41) is 11.7. The van der Waals surface area contributed by atoms with Crippen molar-refractivity contribution in [2.24, 2.45) is 0 Å². The molecule has 0 aliphatic rings. The number of hydrogen-bond donors (Lipinski definition) is 3. The van der Waals surface area contributed by atoms with Gasteiger partial charge in [0.2, 0.25) is 5.91 Å². The molecule has 1 aromatic carbocycles. The van der Waals surface area contributed by atoms with E-state index in [1.807, 2.05) is 25.9 Å². The fourth-order valence-corrected chi connectivity index (χ4v) is 4.32. The van der Waals surface area contributed by atoms with Crippen molar-refractivity contribution < 1.29 is 31.5 Å². The molecular weight excluding hydrogens is 577 g/mol. The highest BCUT2D eigenvalue weighted by molar-refractivity contribution is 5.98. The third-order valence-corrected chi connectivity index (χ3v) is 6.34. The number of alkyl halides is 5. The Bertz CT molecular complexity index is 1600. The Morgan fingerprint density at radius 3 is 2.56 bits per heavy atom. The van der Waals surface area contributed by atoms with Crippen LogP contribution in [0.4, 0.5) is 33.5 Å². The molecule has 0 saturated heterocycles. The Morgan fingerprint density at radius 1 is 1.12 bits per heavy atom. The Kier molecular flexibility index (Phi) is 9.58. The minimum atomic E-state index is -4.89. The highest BCUT2D eigenvalue weighted by Crippen LogP contribution is 2.37. The van der Waals surface area contributed by atoms with Gasteiger partial charge in [0.25, 0.3) is 12.3 Å². The average molecular weight is 608 g/mol. The number of carbonyl (C=O) groups excluding carboxylic acids is 2. The van der Waals surface area contributed by atoms with Gasteiger partial charge in [0.05, 0.1) is 24.0 Å². The maximum Gasteiger partial charge on any atom is 0.435 e. The van der Waals surface area contributed by atoms with Crippen LogP contribution in [-0.2, 0) is 23.9 Å². The van der Waals surface area contributed by atoms with Crippen LogP contribution in [-0.4, -0.2) is 81.0 Å². The lowest BCUT2D eigenvalue weighted by Crippen LogP contribution is -2.39. The molecule has 4 rings (SSSR count). The maximum atomic E-state index is 13.7. The lowest BCUT2D eigenvalue weighted by atomic mass is 10.0. The molecule has 0 radical (unpaired) electrons. The highest BCUT2D eigenvalue weighted by atomic mass is 19.4. The lowest BCUT2D eigenvalue weighted by molar-refractivity contribution is -0.141. The summed E-state index contributed by atoms with van der Waals surface area (Å²) in [5.74, 6) is -0.526. The number of benzene rings is 1. The molecule has 0 saturated carbocycles. The number of aryl methyl sites for hydroxylation is 1. The number of carbonyl (C=O) groups is 2. The maximum absolute atomic E-state index is 13.7. The number of aromatic nitrogens is 5. The fourth-order valence-electron chi connectivity index (χ4n) is 4.32. The van der Waals surface area contributed by atoms with Crippen LogP contribution in [0.25, 0.3) is 16.9 Å². The smallest absolute Gasteiger partial charge is 0.353 e. The van der Waals surface area contributed by atoms with Gasteiger partial charge >= 0.3 is 6.18 Å². The van der Waals surface area contributed by atoms with Crippen molar-refractivity contribution >= 4 is 29.0 Å². The van der Waals surface area contributed by atoms with Gasteiger partial charge in [0.1, 0.15) is 6.54 Å². The van der Waals surface area contributed by atoms with Crippen molar-refractivity contribution in [1.82, 2.24) is 39.7 Å². The summed E-state index contributed by atoms with van der Waals surface area (Å²) in [6, 6.07) is 4.93. The van der Waals surface area contributed by atoms with E-state index in [9.17, 15) is 31.5 Å². The fraction of sp³-hybridized carbons (Fsp3) is 0.370. The molecule has 43 heavy (non-hydrogen) atoms. The average Bonchev–Trinajstić information content (AvgIpc) is 3.56. The second kappa shape index (κ2) is 13.1. The first kappa shape index (κ1) is 31.3. The van der Waals surface area contributed by atoms with Crippen LogP contribution < -0.4 is 16.0 Å². The minimum absolute atomic E-state index is 0.0136. The largest absolute Gasteiger partial charge is 0.435 e. The first-order valence-electron chi connectivity index (χ1n) is 13.2. The van der Waals surface area contributed by atoms with Crippen LogP contribution in [0.1, 0.15) is 28.5 Å². The number of halogens is 5. The Balaban J connectivity index is 1.55. The van der Waals surface area contributed by atoms with E-state index in [1.54, 1.807) is 18.2 Å². The van der Waals surface area contributed by atoms with E-state index in [2.05, 4.69) is 31.0 Å². The van der Waals surface area contributed by atoms with Crippen LogP contribution in [0.2, 0.25) is 0 Å². The second-order valence-electron chi connectivity index (χ2n) is 9.80. The summed E-state index contributed by atoms with van der Waals surface area (Å²) in [5.41, 5.74) is 0.0200. The molecule has 230 valence electrons. The van der Waals surface area contributed by atoms with E-state index >= 15 is 0 Å². The molecule has 2 amide bonds. The molecule has 3 N–H and O–H groups in total. The van der Waals surface area contributed by atoms with Crippen LogP contribution in [0, 0.1) is 0 Å². The molecule has 4 aromatic rings. The zero-order valence-corrected chi connectivity index (χ0v) is 23.5. The number of anilines is 2. The van der Waals surface area contributed by atoms with Crippen LogP contribution >= 0.6 is 0 Å². The first-order chi connectivity index (χ1) is 20.4. The molecule has 0 fully saturated rings. The molecule has 16 heteroatoms. The number of likely N-dealkylation sites (N-methyl/N-ethyl adjacent to an activating group) is 1. The summed E-state index contributed by atoms with van der Waals surface area (Å²) < 4.78 is 68.8. The van der Waals surface area contributed by atoms with Gasteiger partial charge in [-0.05, 0) is 44.3 Å². The molecule has 0 atom stereocenters. The van der Waals surface area contributed by atoms with Crippen LogP contribution in [0.5, 0.6) is 0 Å². The third kappa shape index (κ3) is 7.63. The SMILES string of the molecule is CCc1cc(Nc2nccn3c(-c4cn(CC(F)F)nc4C(F)(F)F)cnc23)ccc1C(=O)NCC(=O)NCCN(C)C. The summed E-state index contributed by atoms with van der Waals surface area (Å²) >= 11 is 0. The Hall–Kier alpha value is -4.60. The number of rotatable bonds is 12. The Labute approximate surface area is 243 Å². The lowest BCUT2D eigenvalue weighted by Gasteiger charge is -2.13. The predicted octanol–water partition coefficient (Wildman–Crippen LogP) is 3.59. The van der Waals surface area contributed by atoms with E-state index in [-0.39, 0.29) is 29.6 Å². The highest BCUT2D eigenvalue weighted by Gasteiger charge is 2.38. The summed E-state index contributed by atoms with van der Waals surface area (Å²) in [6.07, 6.45) is -2.44. The van der Waals surface area contributed by atoms with Gasteiger partial charge in [-0.3, -0.25) is 18.7 Å². The first-order valence-corrected chi connectivity index (χ1v) is 13.2. The number of nitrogens with zero attached hydrogens (tertiary/aromatic N) is 6. The number of imidazole rings is 1. The molecule has 0 spiro atoms. The van der Waals surface area contributed by atoms with Gasteiger partial charge in [-0.1, -0.05) is 6.92 Å². The number of amides is 2. The van der Waals surface area contributed by atoms with Gasteiger partial charge < -0.3 is 20.9 Å². The van der Waals surface area contributed by atoms with Crippen molar-refractivity contribution in [2.75, 3.05) is 39.0 Å². The number of fused-ring (bicyclic) bond motifs is 1. The van der Waals surface area contributed by atoms with Gasteiger partial charge in [0, 0.05) is 42.9 Å². The molecular formula is C27H30F5N9O2. The van der Waals surface area contributed by atoms with Crippen molar-refractivity contribution in [3.63, 3.8) is 0 Å². The van der Waals surface area contributed by atoms with Crippen LogP contribution in [0.3, 0.4) is 0 Å². The summed E-state index contributed by atoms with van der Waals surface area (Å²) in [7, 11) is 3.76. The third-order valence-electron chi connectivity index (χ3n) is 6.34. The zero-order chi connectivity index (χ0) is 31.3. The molecule has 11 nitrogen and oxygen atoms in total. The Morgan fingerprint density at radius 2 is 1.88 bits per heavy atom. The van der Waals surface area contributed by atoms with Crippen molar-refractivity contribution in [3.05, 3.63) is 59.8 Å². The molecule has 0 bridgehead atoms. The standard InChI is InChI=1S/C27H30F5N9O2/c1-4-16-11-17(5-6-18(16)26(43)36-13-22(42)33-7-9-39(2)3)37-24-25-35-12-20(41(25)10-8-34-24)19-14-40(15-21(28)29)38-23(19)27(30,31)32/h5-6,8,10-12,14,21H,4,7,9,13,15H2,1-3H3,(H,33,42)(H,34,37)(H,36,43).